The Kier molecular flexibility index (Phi) is 1.68. The highest BCUT2D eigenvalue weighted by molar-refractivity contribution is 6.28. The molecule has 0 fully saturated rings. The predicted molar refractivity (Wildman–Crippen MR) is 39.6 cm³/mol. The summed E-state index contributed by atoms with van der Waals surface area (Å²) in [6, 6.07) is 1.43. The van der Waals surface area contributed by atoms with Crippen LogP contribution in [0.2, 0.25) is 5.15 Å². The molecule has 3 nitrogen and oxygen atoms in total. The van der Waals surface area contributed by atoms with Crippen molar-refractivity contribution in [2.45, 2.75) is 6.92 Å². The molecule has 1 aromatic rings. The quantitative estimate of drug-likeness (QED) is 0.346. The number of nitrogen functional groups attached to an aromatic ring is 1. The number of rotatable bonds is 0. The average Bonchev–Trinajstić information content (AvgIpc) is 1.84. The van der Waals surface area contributed by atoms with Gasteiger partial charge in [0.1, 0.15) is 0 Å². The highest BCUT2D eigenvalue weighted by atomic mass is 35.5. The number of aromatic nitrogens is 1. The highest BCUT2D eigenvalue weighted by Gasteiger charge is 2.03. The van der Waals surface area contributed by atoms with E-state index in [1.54, 1.807) is 6.92 Å². The second-order valence-corrected chi connectivity index (χ2v) is 2.45. The first kappa shape index (κ1) is 7.15. The van der Waals surface area contributed by atoms with Crippen LogP contribution in [0.15, 0.2) is 12.3 Å². The standard InChI is InChI=1S/C6H7ClN2O/c1-4-3-9(10)6(7)2-5(4)8/h2-3H,8H2,1H3. The number of aryl methyl sites for hydroxylation is 1. The number of hydrogen-bond acceptors (Lipinski definition) is 2. The summed E-state index contributed by atoms with van der Waals surface area (Å²) in [5, 5.41) is 10.8. The topological polar surface area (TPSA) is 53.0 Å². The van der Waals surface area contributed by atoms with E-state index in [0.29, 0.717) is 10.4 Å². The normalized spacial score (nSPS) is 9.80. The highest BCUT2D eigenvalue weighted by Crippen LogP contribution is 2.11. The number of hydrogen-bond donors (Lipinski definition) is 1. The fraction of sp³-hybridized carbons (Fsp3) is 0.167. The van der Waals surface area contributed by atoms with Crippen molar-refractivity contribution >= 4 is 17.3 Å². The molecule has 0 aliphatic carbocycles. The molecule has 0 saturated heterocycles. The van der Waals surface area contributed by atoms with Crippen molar-refractivity contribution in [3.63, 3.8) is 0 Å². The maximum Gasteiger partial charge on any atom is 0.288 e. The van der Waals surface area contributed by atoms with Crippen molar-refractivity contribution in [3.05, 3.63) is 28.2 Å². The van der Waals surface area contributed by atoms with Gasteiger partial charge in [-0.1, -0.05) is 0 Å². The van der Waals surface area contributed by atoms with Gasteiger partial charge in [-0.2, -0.15) is 4.73 Å². The van der Waals surface area contributed by atoms with Crippen molar-refractivity contribution in [2.24, 2.45) is 0 Å². The summed E-state index contributed by atoms with van der Waals surface area (Å²) in [7, 11) is 0. The molecule has 54 valence electrons. The van der Waals surface area contributed by atoms with Gasteiger partial charge in [0, 0.05) is 17.3 Å². The van der Waals surface area contributed by atoms with Gasteiger partial charge in [-0.15, -0.1) is 0 Å². The smallest absolute Gasteiger partial charge is 0.288 e. The van der Waals surface area contributed by atoms with E-state index in [0.717, 1.165) is 5.56 Å². The van der Waals surface area contributed by atoms with E-state index in [-0.39, 0.29) is 5.15 Å². The summed E-state index contributed by atoms with van der Waals surface area (Å²) in [6.45, 7) is 1.75. The Morgan fingerprint density at radius 1 is 1.70 bits per heavy atom. The zero-order valence-electron chi connectivity index (χ0n) is 5.47. The van der Waals surface area contributed by atoms with Crippen LogP contribution in [0.3, 0.4) is 0 Å². The summed E-state index contributed by atoms with van der Waals surface area (Å²) < 4.78 is 0.577. The van der Waals surface area contributed by atoms with Gasteiger partial charge in [-0.05, 0) is 18.5 Å². The molecule has 0 bridgehead atoms. The zero-order chi connectivity index (χ0) is 7.72. The Labute approximate surface area is 63.6 Å². The van der Waals surface area contributed by atoms with Crippen LogP contribution in [0.5, 0.6) is 0 Å². The number of nitrogens with two attached hydrogens (primary N) is 1. The lowest BCUT2D eigenvalue weighted by molar-refractivity contribution is -0.603. The van der Waals surface area contributed by atoms with E-state index in [4.69, 9.17) is 17.3 Å². The lowest BCUT2D eigenvalue weighted by atomic mass is 10.3. The second kappa shape index (κ2) is 2.34. The number of pyridine rings is 1. The Morgan fingerprint density at radius 3 is 2.80 bits per heavy atom. The van der Waals surface area contributed by atoms with E-state index in [1.165, 1.54) is 12.3 Å². The van der Waals surface area contributed by atoms with Crippen LogP contribution >= 0.6 is 11.6 Å². The van der Waals surface area contributed by atoms with Gasteiger partial charge in [0.2, 0.25) is 0 Å². The van der Waals surface area contributed by atoms with Crippen molar-refractivity contribution in [1.29, 1.82) is 0 Å². The molecule has 1 rings (SSSR count). The van der Waals surface area contributed by atoms with Crippen LogP contribution in [-0.4, -0.2) is 0 Å². The molecule has 0 saturated carbocycles. The summed E-state index contributed by atoms with van der Waals surface area (Å²) in [4.78, 5) is 0. The van der Waals surface area contributed by atoms with Crippen LogP contribution in [-0.2, 0) is 0 Å². The van der Waals surface area contributed by atoms with Gasteiger partial charge in [-0.3, -0.25) is 0 Å². The van der Waals surface area contributed by atoms with E-state index in [9.17, 15) is 5.21 Å². The maximum absolute atomic E-state index is 10.7. The number of halogens is 1. The molecule has 0 aliphatic rings. The second-order valence-electron chi connectivity index (χ2n) is 2.06. The molecular formula is C6H7ClN2O. The third kappa shape index (κ3) is 1.14. The minimum Gasteiger partial charge on any atom is -0.618 e. The molecular weight excluding hydrogens is 152 g/mol. The van der Waals surface area contributed by atoms with Gasteiger partial charge >= 0.3 is 0 Å². The average molecular weight is 159 g/mol. The first-order valence-corrected chi connectivity index (χ1v) is 3.14. The van der Waals surface area contributed by atoms with Crippen LogP contribution in [0.1, 0.15) is 5.56 Å². The Bertz CT molecular complexity index is 212. The van der Waals surface area contributed by atoms with Crippen LogP contribution in [0.25, 0.3) is 0 Å². The van der Waals surface area contributed by atoms with Gasteiger partial charge in [0.25, 0.3) is 5.15 Å². The molecule has 4 heteroatoms. The van der Waals surface area contributed by atoms with Gasteiger partial charge in [0.05, 0.1) is 0 Å². The Balaban J connectivity index is 3.28. The van der Waals surface area contributed by atoms with Crippen LogP contribution in [0.4, 0.5) is 5.69 Å². The third-order valence-electron chi connectivity index (χ3n) is 1.25. The molecule has 0 aliphatic heterocycles. The van der Waals surface area contributed by atoms with E-state index in [1.807, 2.05) is 0 Å². The van der Waals surface area contributed by atoms with Crippen molar-refractivity contribution in [2.75, 3.05) is 5.73 Å². The first-order valence-electron chi connectivity index (χ1n) is 2.76. The number of anilines is 1. The fourth-order valence-electron chi connectivity index (χ4n) is 0.618. The summed E-state index contributed by atoms with van der Waals surface area (Å²) in [6.07, 6.45) is 1.34. The fourth-order valence-corrected chi connectivity index (χ4v) is 0.784. The maximum atomic E-state index is 10.7. The molecule has 0 radical (unpaired) electrons. The predicted octanol–water partition coefficient (Wildman–Crippen LogP) is 0.864. The monoisotopic (exact) mass is 158 g/mol. The molecule has 1 heterocycles. The molecule has 0 spiro atoms. The SMILES string of the molecule is Cc1c[n+]([O-])c(Cl)cc1N. The van der Waals surface area contributed by atoms with E-state index >= 15 is 0 Å². The molecule has 0 aromatic carbocycles. The third-order valence-corrected chi connectivity index (χ3v) is 1.53. The Hall–Kier alpha value is -0.960. The number of nitrogens with zero attached hydrogens (tertiary/aromatic N) is 1. The van der Waals surface area contributed by atoms with Gasteiger partial charge < -0.3 is 10.9 Å². The van der Waals surface area contributed by atoms with Crippen molar-refractivity contribution in [1.82, 2.24) is 0 Å². The summed E-state index contributed by atoms with van der Waals surface area (Å²) in [5.41, 5.74) is 6.73. The molecule has 1 aromatic heterocycles. The first-order chi connectivity index (χ1) is 4.61. The van der Waals surface area contributed by atoms with E-state index in [2.05, 4.69) is 0 Å². The van der Waals surface area contributed by atoms with Crippen LogP contribution < -0.4 is 10.5 Å². The molecule has 10 heavy (non-hydrogen) atoms. The van der Waals surface area contributed by atoms with Gasteiger partial charge in [0.15, 0.2) is 6.20 Å². The van der Waals surface area contributed by atoms with Crippen LogP contribution in [0, 0.1) is 12.1 Å². The van der Waals surface area contributed by atoms with E-state index < -0.39 is 0 Å². The Morgan fingerprint density at radius 2 is 2.30 bits per heavy atom. The minimum atomic E-state index is 0.100. The van der Waals surface area contributed by atoms with Gasteiger partial charge in [-0.25, -0.2) is 0 Å². The molecule has 0 unspecified atom stereocenters. The summed E-state index contributed by atoms with van der Waals surface area (Å²) >= 11 is 5.46. The molecule has 2 N–H and O–H groups in total. The largest absolute Gasteiger partial charge is 0.618 e. The lowest BCUT2D eigenvalue weighted by Gasteiger charge is -2.01. The van der Waals surface area contributed by atoms with Crippen molar-refractivity contribution in [3.8, 4) is 0 Å². The minimum absolute atomic E-state index is 0.100. The lowest BCUT2D eigenvalue weighted by Crippen LogP contribution is -2.27. The molecule has 0 atom stereocenters. The van der Waals surface area contributed by atoms with Crippen molar-refractivity contribution < 1.29 is 4.73 Å². The zero-order valence-corrected chi connectivity index (χ0v) is 6.22. The summed E-state index contributed by atoms with van der Waals surface area (Å²) in [5.74, 6) is 0. The molecule has 0 amide bonds.